The molecule has 43 heavy (non-hydrogen) atoms. The van der Waals surface area contributed by atoms with E-state index in [1.807, 2.05) is 0 Å². The number of hydrogen-bond acceptors (Lipinski definition) is 4. The Hall–Kier alpha value is -2.23. The lowest BCUT2D eigenvalue weighted by atomic mass is 9.32. The molecular weight excluding hydrogens is 532 g/mol. The van der Waals surface area contributed by atoms with Gasteiger partial charge in [0.2, 0.25) is 0 Å². The van der Waals surface area contributed by atoms with Crippen LogP contribution in [0.2, 0.25) is 0 Å². The molecule has 2 N–H and O–H groups in total. The van der Waals surface area contributed by atoms with E-state index in [9.17, 15) is 15.0 Å². The summed E-state index contributed by atoms with van der Waals surface area (Å²) in [6, 6.07) is 4.54. The van der Waals surface area contributed by atoms with Crippen molar-refractivity contribution in [2.45, 2.75) is 119 Å². The summed E-state index contributed by atoms with van der Waals surface area (Å²) in [6.45, 7) is 22.1. The van der Waals surface area contributed by atoms with Crippen molar-refractivity contribution in [2.75, 3.05) is 0 Å². The van der Waals surface area contributed by atoms with Gasteiger partial charge in [0.05, 0.1) is 0 Å². The maximum absolute atomic E-state index is 13.0. The topological polar surface area (TPSA) is 66.8 Å². The molecule has 1 aromatic rings. The number of carbonyl (C=O) groups excluding carboxylic acids is 1. The van der Waals surface area contributed by atoms with Crippen LogP contribution in [-0.2, 0) is 9.53 Å². The second-order valence-electron chi connectivity index (χ2n) is 17.2. The number of esters is 1. The van der Waals surface area contributed by atoms with Crippen LogP contribution in [-0.4, -0.2) is 22.3 Å². The maximum Gasteiger partial charge on any atom is 0.331 e. The summed E-state index contributed by atoms with van der Waals surface area (Å²) in [5.41, 5.74) is 3.40. The van der Waals surface area contributed by atoms with Crippen LogP contribution in [0.3, 0.4) is 0 Å². The molecule has 4 nitrogen and oxygen atoms in total. The highest BCUT2D eigenvalue weighted by Crippen LogP contribution is 2.77. The molecule has 4 heteroatoms. The van der Waals surface area contributed by atoms with Gasteiger partial charge in [0.1, 0.15) is 6.10 Å². The first-order valence-electron chi connectivity index (χ1n) is 17.1. The number of ether oxygens (including phenoxy) is 1. The van der Waals surface area contributed by atoms with Gasteiger partial charge in [0.15, 0.2) is 11.5 Å². The van der Waals surface area contributed by atoms with Crippen molar-refractivity contribution in [3.05, 3.63) is 42.0 Å². The molecule has 0 heterocycles. The molecule has 236 valence electrons. The molecule has 5 saturated carbocycles. The van der Waals surface area contributed by atoms with Crippen molar-refractivity contribution >= 4 is 12.0 Å². The lowest BCUT2D eigenvalue weighted by Crippen LogP contribution is -2.66. The van der Waals surface area contributed by atoms with E-state index in [0.29, 0.717) is 39.6 Å². The van der Waals surface area contributed by atoms with Gasteiger partial charge in [0.25, 0.3) is 0 Å². The van der Waals surface area contributed by atoms with E-state index in [1.165, 1.54) is 75.1 Å². The van der Waals surface area contributed by atoms with Crippen molar-refractivity contribution in [2.24, 2.45) is 56.7 Å². The fourth-order valence-corrected chi connectivity index (χ4v) is 12.7. The SMILES string of the molecule is C=C(C)[C@@H]1CC[C@]2(C)CC[C@]3(C)[C@H](CC[C@@H]4[C@@]5(C)CC[C@H](OC(=O)/C=C\c6ccc(O)c(O)c6)C(C)(C)[C@@H]5CC[C@]43C)[C@@H]12. The summed E-state index contributed by atoms with van der Waals surface area (Å²) in [4.78, 5) is 13.0. The standard InChI is InChI=1S/C39H56O4/c1-24(2)26-15-18-36(5)21-22-38(7)27(34(26)36)11-13-31-37(6)19-17-32(35(3,4)30(37)16-20-39(31,38)8)43-33(42)14-10-25-9-12-28(40)29(41)23-25/h9-10,12,14,23,26-27,30-32,34,40-41H,1,11,13,15-22H2,2-8H3/b14-10-/t26-,27+,30-,31+,32-,34+,36+,37-,38+,39+/m0/s1. The van der Waals surface area contributed by atoms with Crippen LogP contribution in [0.1, 0.15) is 118 Å². The molecule has 0 bridgehead atoms. The number of rotatable bonds is 4. The molecule has 0 aliphatic heterocycles. The highest BCUT2D eigenvalue weighted by Gasteiger charge is 2.70. The number of benzene rings is 1. The Bertz CT molecular complexity index is 1330. The number of aromatic hydroxyl groups is 2. The average molecular weight is 589 g/mol. The Morgan fingerprint density at radius 1 is 0.860 bits per heavy atom. The van der Waals surface area contributed by atoms with Crippen LogP contribution in [0.4, 0.5) is 0 Å². The van der Waals surface area contributed by atoms with Gasteiger partial charge in [-0.1, -0.05) is 59.8 Å². The summed E-state index contributed by atoms with van der Waals surface area (Å²) >= 11 is 0. The van der Waals surface area contributed by atoms with Crippen molar-refractivity contribution in [3.63, 3.8) is 0 Å². The molecule has 10 atom stereocenters. The van der Waals surface area contributed by atoms with Gasteiger partial charge in [-0.15, -0.1) is 0 Å². The average Bonchev–Trinajstić information content (AvgIpc) is 3.29. The van der Waals surface area contributed by atoms with Crippen LogP contribution >= 0.6 is 0 Å². The zero-order valence-corrected chi connectivity index (χ0v) is 27.8. The number of fused-ring (bicyclic) bond motifs is 7. The minimum absolute atomic E-state index is 0.103. The van der Waals surface area contributed by atoms with Crippen LogP contribution in [0, 0.1) is 56.7 Å². The lowest BCUT2D eigenvalue weighted by molar-refractivity contribution is -0.248. The Morgan fingerprint density at radius 3 is 2.30 bits per heavy atom. The largest absolute Gasteiger partial charge is 0.504 e. The van der Waals surface area contributed by atoms with Gasteiger partial charge in [-0.2, -0.15) is 0 Å². The first-order chi connectivity index (χ1) is 20.1. The van der Waals surface area contributed by atoms with Crippen LogP contribution < -0.4 is 0 Å². The normalized spacial score (nSPS) is 45.0. The van der Waals surface area contributed by atoms with Gasteiger partial charge in [-0.25, -0.2) is 4.79 Å². The summed E-state index contributed by atoms with van der Waals surface area (Å²) in [5.74, 6) is 2.79. The van der Waals surface area contributed by atoms with Gasteiger partial charge in [0, 0.05) is 11.5 Å². The number of carbonyl (C=O) groups is 1. The fraction of sp³-hybridized carbons (Fsp3) is 0.718. The van der Waals surface area contributed by atoms with Crippen LogP contribution in [0.5, 0.6) is 11.5 Å². The molecule has 0 amide bonds. The number of phenolic OH excluding ortho intramolecular Hbond substituents is 2. The molecule has 5 aliphatic rings. The first kappa shape index (κ1) is 30.8. The summed E-state index contributed by atoms with van der Waals surface area (Å²) < 4.78 is 6.19. The number of allylic oxidation sites excluding steroid dienone is 1. The monoisotopic (exact) mass is 588 g/mol. The highest BCUT2D eigenvalue weighted by molar-refractivity contribution is 5.87. The summed E-state index contributed by atoms with van der Waals surface area (Å²) in [6.07, 6.45) is 15.6. The van der Waals surface area contributed by atoms with Gasteiger partial charge < -0.3 is 14.9 Å². The molecule has 0 radical (unpaired) electrons. The second-order valence-corrected chi connectivity index (χ2v) is 17.2. The van der Waals surface area contributed by atoms with E-state index >= 15 is 0 Å². The Morgan fingerprint density at radius 2 is 1.60 bits per heavy atom. The fourth-order valence-electron chi connectivity index (χ4n) is 12.7. The third-order valence-corrected chi connectivity index (χ3v) is 15.1. The Kier molecular flexibility index (Phi) is 7.26. The predicted octanol–water partition coefficient (Wildman–Crippen LogP) is 9.70. The van der Waals surface area contributed by atoms with Crippen molar-refractivity contribution in [1.29, 1.82) is 0 Å². The molecule has 0 spiro atoms. The molecule has 0 saturated heterocycles. The van der Waals surface area contributed by atoms with E-state index in [2.05, 4.69) is 55.0 Å². The summed E-state index contributed by atoms with van der Waals surface area (Å²) in [7, 11) is 0. The summed E-state index contributed by atoms with van der Waals surface area (Å²) in [5, 5.41) is 19.4. The number of hydrogen-bond donors (Lipinski definition) is 2. The minimum Gasteiger partial charge on any atom is -0.504 e. The lowest BCUT2D eigenvalue weighted by Gasteiger charge is -2.73. The van der Waals surface area contributed by atoms with Crippen molar-refractivity contribution in [1.82, 2.24) is 0 Å². The molecule has 1 aromatic carbocycles. The zero-order valence-electron chi connectivity index (χ0n) is 27.8. The Balaban J connectivity index is 1.22. The first-order valence-corrected chi connectivity index (χ1v) is 17.1. The van der Waals surface area contributed by atoms with E-state index in [1.54, 1.807) is 12.1 Å². The molecule has 0 unspecified atom stereocenters. The van der Waals surface area contributed by atoms with E-state index in [-0.39, 0.29) is 34.4 Å². The maximum atomic E-state index is 13.0. The molecule has 0 aromatic heterocycles. The van der Waals surface area contributed by atoms with E-state index < -0.39 is 0 Å². The Labute approximate surface area is 260 Å². The van der Waals surface area contributed by atoms with Gasteiger partial charge in [-0.3, -0.25) is 0 Å². The molecule has 5 aliphatic carbocycles. The smallest absolute Gasteiger partial charge is 0.331 e. The third kappa shape index (κ3) is 4.46. The second kappa shape index (κ2) is 10.1. The quantitative estimate of drug-likeness (QED) is 0.159. The van der Waals surface area contributed by atoms with Crippen molar-refractivity contribution < 1.29 is 19.7 Å². The van der Waals surface area contributed by atoms with E-state index in [4.69, 9.17) is 4.74 Å². The molecular formula is C39H56O4. The van der Waals surface area contributed by atoms with Crippen LogP contribution in [0.15, 0.2) is 36.4 Å². The minimum atomic E-state index is -0.336. The predicted molar refractivity (Wildman–Crippen MR) is 173 cm³/mol. The van der Waals surface area contributed by atoms with Gasteiger partial charge in [-0.05, 0) is 146 Å². The highest BCUT2D eigenvalue weighted by atomic mass is 16.5. The molecule has 6 rings (SSSR count). The van der Waals surface area contributed by atoms with Gasteiger partial charge >= 0.3 is 5.97 Å². The zero-order chi connectivity index (χ0) is 31.2. The number of phenols is 2. The van der Waals surface area contributed by atoms with E-state index in [0.717, 1.165) is 24.7 Å². The van der Waals surface area contributed by atoms with Crippen LogP contribution in [0.25, 0.3) is 6.08 Å². The van der Waals surface area contributed by atoms with Crippen molar-refractivity contribution in [3.8, 4) is 11.5 Å². The third-order valence-electron chi connectivity index (χ3n) is 15.1. The molecule has 5 fully saturated rings.